The van der Waals surface area contributed by atoms with Crippen molar-refractivity contribution in [2.45, 2.75) is 39.0 Å². The van der Waals surface area contributed by atoms with Crippen LogP contribution >= 0.6 is 0 Å². The van der Waals surface area contributed by atoms with Gasteiger partial charge < -0.3 is 14.2 Å². The minimum absolute atomic E-state index is 0.0315. The van der Waals surface area contributed by atoms with Gasteiger partial charge in [0.25, 0.3) is 5.91 Å². The molecule has 2 aliphatic rings. The van der Waals surface area contributed by atoms with Gasteiger partial charge in [-0.05, 0) is 43.9 Å². The summed E-state index contributed by atoms with van der Waals surface area (Å²) in [5.74, 6) is 1.45. The second kappa shape index (κ2) is 6.83. The Morgan fingerprint density at radius 1 is 1.27 bits per heavy atom. The fraction of sp³-hybridized carbons (Fsp3) is 0.550. The quantitative estimate of drug-likeness (QED) is 0.847. The van der Waals surface area contributed by atoms with Crippen LogP contribution in [0.1, 0.15) is 53.3 Å². The minimum atomic E-state index is -0.0315. The van der Waals surface area contributed by atoms with E-state index in [1.54, 1.807) is 0 Å². The highest BCUT2D eigenvalue weighted by Crippen LogP contribution is 2.49. The van der Waals surface area contributed by atoms with Gasteiger partial charge in [0.1, 0.15) is 0 Å². The van der Waals surface area contributed by atoms with E-state index in [2.05, 4.69) is 17.1 Å². The molecule has 4 rings (SSSR count). The second-order valence-electron chi connectivity index (χ2n) is 7.44. The topological polar surface area (TPSA) is 68.5 Å². The summed E-state index contributed by atoms with van der Waals surface area (Å²) >= 11 is 0. The lowest BCUT2D eigenvalue weighted by atomic mass is 9.72. The Hall–Kier alpha value is -2.21. The molecule has 1 aromatic heterocycles. The summed E-state index contributed by atoms with van der Waals surface area (Å²) in [6.07, 6.45) is 2.80. The Morgan fingerprint density at radius 2 is 2.00 bits per heavy atom. The summed E-state index contributed by atoms with van der Waals surface area (Å²) in [7, 11) is 0. The van der Waals surface area contributed by atoms with E-state index >= 15 is 0 Å². The normalized spacial score (nSPS) is 22.1. The number of likely N-dealkylation sites (tertiary alicyclic amines) is 1. The number of ether oxygens (including phenoxy) is 1. The van der Waals surface area contributed by atoms with E-state index < -0.39 is 0 Å². The van der Waals surface area contributed by atoms with Crippen LogP contribution in [0, 0.1) is 12.3 Å². The molecule has 2 aliphatic heterocycles. The number of nitrogens with zero attached hydrogens (tertiary/aromatic N) is 3. The predicted octanol–water partition coefficient (Wildman–Crippen LogP) is 2.98. The van der Waals surface area contributed by atoms with E-state index in [9.17, 15) is 4.79 Å². The van der Waals surface area contributed by atoms with Crippen molar-refractivity contribution in [3.05, 3.63) is 47.1 Å². The van der Waals surface area contributed by atoms with Gasteiger partial charge in [-0.25, -0.2) is 0 Å². The molecule has 2 aromatic rings. The number of aromatic nitrogens is 2. The monoisotopic (exact) mass is 355 g/mol. The number of benzene rings is 1. The van der Waals surface area contributed by atoms with E-state index in [0.29, 0.717) is 18.3 Å². The third kappa shape index (κ3) is 3.03. The molecule has 0 saturated carbocycles. The fourth-order valence-electron chi connectivity index (χ4n) is 4.27. The zero-order chi connectivity index (χ0) is 18.1. The van der Waals surface area contributed by atoms with Crippen molar-refractivity contribution in [3.63, 3.8) is 0 Å². The van der Waals surface area contributed by atoms with Crippen LogP contribution in [0.5, 0.6) is 0 Å². The average Bonchev–Trinajstić information content (AvgIpc) is 3.26. The van der Waals surface area contributed by atoms with Crippen LogP contribution in [-0.4, -0.2) is 47.3 Å². The number of hydrogen-bond donors (Lipinski definition) is 0. The van der Waals surface area contributed by atoms with Gasteiger partial charge in [0.2, 0.25) is 5.89 Å². The second-order valence-corrected chi connectivity index (χ2v) is 7.44. The maximum Gasteiger partial charge on any atom is 0.253 e. The smallest absolute Gasteiger partial charge is 0.253 e. The SMILES string of the molecule is CCc1ccc(C(=O)N2CC(c3nc(C)no3)C3(CCOCC3)C2)cc1. The van der Waals surface area contributed by atoms with E-state index in [-0.39, 0.29) is 17.2 Å². The van der Waals surface area contributed by atoms with Crippen molar-refractivity contribution >= 4 is 5.91 Å². The minimum Gasteiger partial charge on any atom is -0.381 e. The third-order valence-electron chi connectivity index (χ3n) is 5.87. The number of carbonyl (C=O) groups excluding carboxylic acids is 1. The number of aryl methyl sites for hydroxylation is 2. The molecule has 0 N–H and O–H groups in total. The molecule has 6 nitrogen and oxygen atoms in total. The molecular formula is C20H25N3O3. The maximum atomic E-state index is 13.1. The summed E-state index contributed by atoms with van der Waals surface area (Å²) in [5.41, 5.74) is 1.95. The molecule has 1 spiro atoms. The van der Waals surface area contributed by atoms with E-state index in [1.807, 2.05) is 36.1 Å². The van der Waals surface area contributed by atoms with E-state index in [0.717, 1.165) is 44.6 Å². The van der Waals surface area contributed by atoms with Gasteiger partial charge in [-0.2, -0.15) is 4.98 Å². The van der Waals surface area contributed by atoms with Gasteiger partial charge in [-0.15, -0.1) is 0 Å². The molecule has 1 unspecified atom stereocenters. The van der Waals surface area contributed by atoms with Gasteiger partial charge in [0.15, 0.2) is 5.82 Å². The van der Waals surface area contributed by atoms with Gasteiger partial charge >= 0.3 is 0 Å². The molecule has 6 heteroatoms. The van der Waals surface area contributed by atoms with Crippen LogP contribution in [0.15, 0.2) is 28.8 Å². The average molecular weight is 355 g/mol. The Labute approximate surface area is 153 Å². The van der Waals surface area contributed by atoms with Gasteiger partial charge in [-0.1, -0.05) is 24.2 Å². The van der Waals surface area contributed by atoms with Crippen molar-refractivity contribution < 1.29 is 14.1 Å². The summed E-state index contributed by atoms with van der Waals surface area (Å²) in [4.78, 5) is 19.5. The van der Waals surface area contributed by atoms with Crippen molar-refractivity contribution in [3.8, 4) is 0 Å². The summed E-state index contributed by atoms with van der Waals surface area (Å²) in [6.45, 7) is 6.72. The number of rotatable bonds is 3. The van der Waals surface area contributed by atoms with Crippen LogP contribution in [0.25, 0.3) is 0 Å². The largest absolute Gasteiger partial charge is 0.381 e. The van der Waals surface area contributed by atoms with Crippen molar-refractivity contribution in [1.82, 2.24) is 15.0 Å². The summed E-state index contributed by atoms with van der Waals surface area (Å²) in [5, 5.41) is 3.97. The Bertz CT molecular complexity index is 778. The molecule has 0 aliphatic carbocycles. The first kappa shape index (κ1) is 17.2. The molecule has 138 valence electrons. The summed E-state index contributed by atoms with van der Waals surface area (Å²) in [6, 6.07) is 7.93. The standard InChI is InChI=1S/C20H25N3O3/c1-3-15-4-6-16(7-5-15)19(24)23-12-17(18-21-14(2)22-26-18)20(13-23)8-10-25-11-9-20/h4-7,17H,3,8-13H2,1-2H3. The maximum absolute atomic E-state index is 13.1. The molecule has 1 amide bonds. The summed E-state index contributed by atoms with van der Waals surface area (Å²) < 4.78 is 11.1. The molecular weight excluding hydrogens is 330 g/mol. The fourth-order valence-corrected chi connectivity index (χ4v) is 4.27. The number of carbonyl (C=O) groups is 1. The van der Waals surface area contributed by atoms with Crippen LogP contribution in [0.2, 0.25) is 0 Å². The lowest BCUT2D eigenvalue weighted by molar-refractivity contribution is 0.00836. The zero-order valence-electron chi connectivity index (χ0n) is 15.4. The highest BCUT2D eigenvalue weighted by atomic mass is 16.5. The highest BCUT2D eigenvalue weighted by molar-refractivity contribution is 5.94. The molecule has 2 saturated heterocycles. The first-order valence-electron chi connectivity index (χ1n) is 9.37. The van der Waals surface area contributed by atoms with Crippen LogP contribution in [-0.2, 0) is 11.2 Å². The molecule has 1 aromatic carbocycles. The predicted molar refractivity (Wildman–Crippen MR) is 96.0 cm³/mol. The first-order chi connectivity index (χ1) is 12.6. The molecule has 1 atom stereocenters. The lowest BCUT2D eigenvalue weighted by Crippen LogP contribution is -2.37. The zero-order valence-corrected chi connectivity index (χ0v) is 15.4. The van der Waals surface area contributed by atoms with Crippen molar-refractivity contribution in [2.75, 3.05) is 26.3 Å². The van der Waals surface area contributed by atoms with Crippen LogP contribution < -0.4 is 0 Å². The Balaban J connectivity index is 1.60. The van der Waals surface area contributed by atoms with Crippen LogP contribution in [0.4, 0.5) is 0 Å². The number of hydrogen-bond acceptors (Lipinski definition) is 5. The number of amides is 1. The van der Waals surface area contributed by atoms with Crippen molar-refractivity contribution in [2.24, 2.45) is 5.41 Å². The van der Waals surface area contributed by atoms with Gasteiger partial charge in [0.05, 0.1) is 5.92 Å². The molecule has 2 fully saturated rings. The Kier molecular flexibility index (Phi) is 4.53. The molecule has 0 bridgehead atoms. The molecule has 3 heterocycles. The van der Waals surface area contributed by atoms with Crippen LogP contribution in [0.3, 0.4) is 0 Å². The van der Waals surface area contributed by atoms with Crippen molar-refractivity contribution in [1.29, 1.82) is 0 Å². The molecule has 0 radical (unpaired) electrons. The third-order valence-corrected chi connectivity index (χ3v) is 5.87. The van der Waals surface area contributed by atoms with E-state index in [1.165, 1.54) is 5.56 Å². The van der Waals surface area contributed by atoms with Gasteiger partial charge in [-0.3, -0.25) is 4.79 Å². The van der Waals surface area contributed by atoms with E-state index in [4.69, 9.17) is 9.26 Å². The highest BCUT2D eigenvalue weighted by Gasteiger charge is 2.51. The Morgan fingerprint density at radius 3 is 2.62 bits per heavy atom. The lowest BCUT2D eigenvalue weighted by Gasteiger charge is -2.36. The molecule has 26 heavy (non-hydrogen) atoms. The van der Waals surface area contributed by atoms with Gasteiger partial charge in [0, 0.05) is 37.3 Å². The first-order valence-corrected chi connectivity index (χ1v) is 9.37.